The number of thiophene rings is 1. The van der Waals surface area contributed by atoms with Crippen LogP contribution in [-0.2, 0) is 13.0 Å². The maximum absolute atomic E-state index is 6.17. The third-order valence-corrected chi connectivity index (χ3v) is 4.19. The van der Waals surface area contributed by atoms with Crippen molar-refractivity contribution in [3.05, 3.63) is 49.1 Å². The normalized spacial score (nSPS) is 10.7. The van der Waals surface area contributed by atoms with Crippen molar-refractivity contribution >= 4 is 46.1 Å². The Morgan fingerprint density at radius 3 is 2.58 bits per heavy atom. The molecule has 0 saturated carbocycles. The zero-order valence-corrected chi connectivity index (χ0v) is 13.0. The highest BCUT2D eigenvalue weighted by atomic mass is 35.5. The molecule has 0 unspecified atom stereocenters. The first-order valence-electron chi connectivity index (χ1n) is 5.65. The van der Waals surface area contributed by atoms with E-state index in [-0.39, 0.29) is 0 Å². The molecule has 0 amide bonds. The molecule has 0 bridgehead atoms. The Morgan fingerprint density at radius 1 is 1.16 bits per heavy atom. The fourth-order valence-corrected chi connectivity index (χ4v) is 3.28. The Kier molecular flexibility index (Phi) is 5.37. The van der Waals surface area contributed by atoms with E-state index < -0.39 is 0 Å². The summed E-state index contributed by atoms with van der Waals surface area (Å²) in [5, 5.41) is 1.08. The van der Waals surface area contributed by atoms with Crippen LogP contribution in [-0.4, -0.2) is 6.54 Å². The van der Waals surface area contributed by atoms with E-state index in [9.17, 15) is 0 Å². The minimum absolute atomic E-state index is 0.427. The Morgan fingerprint density at radius 2 is 1.95 bits per heavy atom. The van der Waals surface area contributed by atoms with Gasteiger partial charge in [0, 0.05) is 9.90 Å². The van der Waals surface area contributed by atoms with Gasteiger partial charge in [-0.25, -0.2) is 0 Å². The lowest BCUT2D eigenvalue weighted by atomic mass is 10.1. The zero-order valence-electron chi connectivity index (χ0n) is 9.96. The molecule has 0 atom stereocenters. The summed E-state index contributed by atoms with van der Waals surface area (Å²) >= 11 is 19.5. The Hall–Kier alpha value is -0.450. The first-order valence-corrected chi connectivity index (χ1v) is 7.60. The summed E-state index contributed by atoms with van der Waals surface area (Å²) < 4.78 is 6.52. The Bertz CT molecular complexity index is 571. The van der Waals surface area contributed by atoms with Gasteiger partial charge in [0.05, 0.1) is 9.36 Å². The molecule has 1 aromatic carbocycles. The van der Waals surface area contributed by atoms with Gasteiger partial charge in [0.1, 0.15) is 12.4 Å². The number of rotatable bonds is 5. The van der Waals surface area contributed by atoms with Crippen LogP contribution >= 0.6 is 46.1 Å². The first-order chi connectivity index (χ1) is 9.10. The summed E-state index contributed by atoms with van der Waals surface area (Å²) in [4.78, 5) is 1.04. The molecule has 102 valence electrons. The summed E-state index contributed by atoms with van der Waals surface area (Å²) in [5.74, 6) is 0.640. The average Bonchev–Trinajstić information content (AvgIpc) is 2.74. The van der Waals surface area contributed by atoms with E-state index in [1.165, 1.54) is 11.3 Å². The fourth-order valence-electron chi connectivity index (χ4n) is 1.69. The molecule has 2 aromatic rings. The second kappa shape index (κ2) is 6.82. The van der Waals surface area contributed by atoms with Crippen molar-refractivity contribution in [3.8, 4) is 5.75 Å². The van der Waals surface area contributed by atoms with E-state index in [1.54, 1.807) is 6.07 Å². The highest BCUT2D eigenvalue weighted by Crippen LogP contribution is 2.34. The number of ether oxygens (including phenoxy) is 1. The highest BCUT2D eigenvalue weighted by molar-refractivity contribution is 7.16. The molecule has 2 nitrogen and oxygen atoms in total. The smallest absolute Gasteiger partial charge is 0.141 e. The van der Waals surface area contributed by atoms with Crippen molar-refractivity contribution in [2.45, 2.75) is 13.0 Å². The van der Waals surface area contributed by atoms with Crippen LogP contribution in [0.25, 0.3) is 0 Å². The first kappa shape index (κ1) is 14.9. The van der Waals surface area contributed by atoms with E-state index in [4.69, 9.17) is 45.3 Å². The van der Waals surface area contributed by atoms with E-state index in [0.29, 0.717) is 35.4 Å². The average molecular weight is 337 g/mol. The maximum Gasteiger partial charge on any atom is 0.141 e. The van der Waals surface area contributed by atoms with Crippen LogP contribution in [0.15, 0.2) is 24.3 Å². The van der Waals surface area contributed by atoms with Gasteiger partial charge in [-0.1, -0.05) is 34.8 Å². The monoisotopic (exact) mass is 335 g/mol. The van der Waals surface area contributed by atoms with Gasteiger partial charge in [-0.2, -0.15) is 0 Å². The number of nitrogens with two attached hydrogens (primary N) is 1. The molecule has 0 saturated heterocycles. The van der Waals surface area contributed by atoms with Gasteiger partial charge >= 0.3 is 0 Å². The van der Waals surface area contributed by atoms with Crippen molar-refractivity contribution in [3.63, 3.8) is 0 Å². The summed E-state index contributed by atoms with van der Waals surface area (Å²) in [6, 6.07) is 7.27. The molecule has 0 aliphatic carbocycles. The molecular formula is C13H12Cl3NOS. The van der Waals surface area contributed by atoms with Gasteiger partial charge in [-0.05, 0) is 42.8 Å². The van der Waals surface area contributed by atoms with Crippen LogP contribution < -0.4 is 10.5 Å². The fraction of sp³-hybridized carbons (Fsp3) is 0.231. The Balaban J connectivity index is 2.18. The van der Waals surface area contributed by atoms with Gasteiger partial charge in [0.15, 0.2) is 0 Å². The van der Waals surface area contributed by atoms with Gasteiger partial charge in [-0.15, -0.1) is 11.3 Å². The quantitative estimate of drug-likeness (QED) is 0.852. The van der Waals surface area contributed by atoms with Gasteiger partial charge in [0.25, 0.3) is 0 Å². The van der Waals surface area contributed by atoms with Crippen molar-refractivity contribution in [1.82, 2.24) is 0 Å². The molecule has 6 heteroatoms. The molecule has 0 aliphatic heterocycles. The molecule has 2 N–H and O–H groups in total. The molecule has 0 aliphatic rings. The largest absolute Gasteiger partial charge is 0.486 e. The molecule has 1 heterocycles. The second-order valence-corrected chi connectivity index (χ2v) is 6.55. The number of halogens is 3. The standard InChI is InChI=1S/C13H12Cl3NOS/c14-9-5-8(3-4-17)13(11(15)6-9)18-7-10-1-2-12(16)19-10/h1-2,5-6H,3-4,7,17H2. The van der Waals surface area contributed by atoms with Gasteiger partial charge < -0.3 is 10.5 Å². The zero-order chi connectivity index (χ0) is 13.8. The minimum atomic E-state index is 0.427. The number of benzene rings is 1. The lowest BCUT2D eigenvalue weighted by Gasteiger charge is -2.12. The minimum Gasteiger partial charge on any atom is -0.486 e. The van der Waals surface area contributed by atoms with Crippen molar-refractivity contribution in [1.29, 1.82) is 0 Å². The summed E-state index contributed by atoms with van der Waals surface area (Å²) in [5.41, 5.74) is 6.50. The van der Waals surface area contributed by atoms with Crippen LogP contribution in [0.4, 0.5) is 0 Å². The Labute approximate surface area is 131 Å². The van der Waals surface area contributed by atoms with E-state index in [0.717, 1.165) is 14.8 Å². The lowest BCUT2D eigenvalue weighted by Crippen LogP contribution is -2.05. The van der Waals surface area contributed by atoms with Gasteiger partial charge in [-0.3, -0.25) is 0 Å². The van der Waals surface area contributed by atoms with E-state index in [2.05, 4.69) is 0 Å². The van der Waals surface area contributed by atoms with Crippen LogP contribution in [0, 0.1) is 0 Å². The third-order valence-electron chi connectivity index (χ3n) is 2.49. The van der Waals surface area contributed by atoms with Crippen LogP contribution in [0.5, 0.6) is 5.75 Å². The van der Waals surface area contributed by atoms with Crippen LogP contribution in [0.1, 0.15) is 10.4 Å². The molecule has 0 spiro atoms. The second-order valence-electron chi connectivity index (χ2n) is 3.91. The summed E-state index contributed by atoms with van der Waals surface area (Å²) in [7, 11) is 0. The number of hydrogen-bond donors (Lipinski definition) is 1. The van der Waals surface area contributed by atoms with Crippen LogP contribution in [0.2, 0.25) is 14.4 Å². The predicted molar refractivity (Wildman–Crippen MR) is 82.9 cm³/mol. The lowest BCUT2D eigenvalue weighted by molar-refractivity contribution is 0.307. The summed E-state index contributed by atoms with van der Waals surface area (Å²) in [6.45, 7) is 0.939. The summed E-state index contributed by atoms with van der Waals surface area (Å²) in [6.07, 6.45) is 0.667. The molecule has 2 rings (SSSR count). The van der Waals surface area contributed by atoms with Crippen molar-refractivity contribution in [2.75, 3.05) is 6.54 Å². The van der Waals surface area contributed by atoms with E-state index >= 15 is 0 Å². The van der Waals surface area contributed by atoms with Crippen LogP contribution in [0.3, 0.4) is 0 Å². The third kappa shape index (κ3) is 4.01. The molecule has 1 aromatic heterocycles. The highest BCUT2D eigenvalue weighted by Gasteiger charge is 2.11. The van der Waals surface area contributed by atoms with Gasteiger partial charge in [0.2, 0.25) is 0 Å². The SMILES string of the molecule is NCCc1cc(Cl)cc(Cl)c1OCc1ccc(Cl)s1. The molecule has 19 heavy (non-hydrogen) atoms. The topological polar surface area (TPSA) is 35.2 Å². The maximum atomic E-state index is 6.17. The molecule has 0 radical (unpaired) electrons. The van der Waals surface area contributed by atoms with E-state index in [1.807, 2.05) is 18.2 Å². The number of hydrogen-bond acceptors (Lipinski definition) is 3. The molecule has 0 fully saturated rings. The van der Waals surface area contributed by atoms with Crippen molar-refractivity contribution < 1.29 is 4.74 Å². The van der Waals surface area contributed by atoms with Crippen molar-refractivity contribution in [2.24, 2.45) is 5.73 Å². The predicted octanol–water partition coefficient (Wildman–Crippen LogP) is 4.79. The molecular weight excluding hydrogens is 325 g/mol.